The van der Waals surface area contributed by atoms with Crippen molar-refractivity contribution in [1.29, 1.82) is 0 Å². The van der Waals surface area contributed by atoms with Gasteiger partial charge in [-0.2, -0.15) is 14.6 Å². The third kappa shape index (κ3) is 4.46. The summed E-state index contributed by atoms with van der Waals surface area (Å²) in [6, 6.07) is 18.0. The first kappa shape index (κ1) is 23.7. The van der Waals surface area contributed by atoms with E-state index in [2.05, 4.69) is 15.1 Å². The molecule has 10 heteroatoms. The van der Waals surface area contributed by atoms with Crippen molar-refractivity contribution in [2.75, 3.05) is 6.61 Å². The molecule has 0 spiro atoms. The van der Waals surface area contributed by atoms with Gasteiger partial charge in [-0.15, -0.1) is 5.10 Å². The minimum atomic E-state index is -0.470. The van der Waals surface area contributed by atoms with E-state index >= 15 is 0 Å². The fraction of sp³-hybridized carbons (Fsp3) is 0.107. The Kier molecular flexibility index (Phi) is 6.22. The van der Waals surface area contributed by atoms with Crippen molar-refractivity contribution in [3.8, 4) is 34.1 Å². The van der Waals surface area contributed by atoms with Crippen molar-refractivity contribution in [3.63, 3.8) is 0 Å². The number of halogens is 1. The van der Waals surface area contributed by atoms with Crippen LogP contribution in [0.3, 0.4) is 0 Å². The van der Waals surface area contributed by atoms with Gasteiger partial charge in [-0.1, -0.05) is 36.5 Å². The van der Waals surface area contributed by atoms with Crippen molar-refractivity contribution >= 4 is 22.4 Å². The number of benzene rings is 2. The molecular weight excluding hydrogens is 503 g/mol. The molecule has 0 atom stereocenters. The normalized spacial score (nSPS) is 11.9. The lowest BCUT2D eigenvalue weighted by Crippen LogP contribution is -2.23. The summed E-state index contributed by atoms with van der Waals surface area (Å²) in [7, 11) is 0. The van der Waals surface area contributed by atoms with Gasteiger partial charge in [0.05, 0.1) is 16.8 Å². The maximum atomic E-state index is 14.8. The van der Waals surface area contributed by atoms with Crippen LogP contribution in [0.2, 0.25) is 0 Å². The largest absolute Gasteiger partial charge is 0.491 e. The number of fused-ring (bicyclic) bond motifs is 1. The van der Waals surface area contributed by atoms with E-state index in [0.717, 1.165) is 17.7 Å². The smallest absolute Gasteiger partial charge is 0.291 e. The summed E-state index contributed by atoms with van der Waals surface area (Å²) in [5.41, 5.74) is 3.03. The number of para-hydroxylation sites is 1. The summed E-state index contributed by atoms with van der Waals surface area (Å²) in [6.07, 6.45) is 7.66. The van der Waals surface area contributed by atoms with Crippen LogP contribution in [0.1, 0.15) is 18.9 Å². The van der Waals surface area contributed by atoms with Crippen LogP contribution < -0.4 is 14.8 Å². The second-order valence-electron chi connectivity index (χ2n) is 8.49. The monoisotopic (exact) mass is 524 g/mol. The van der Waals surface area contributed by atoms with Crippen LogP contribution >= 0.6 is 11.3 Å². The lowest BCUT2D eigenvalue weighted by Gasteiger charge is -2.07. The third-order valence-corrected chi connectivity index (χ3v) is 6.78. The fourth-order valence-electron chi connectivity index (χ4n) is 4.00. The summed E-state index contributed by atoms with van der Waals surface area (Å²) < 4.78 is 23.8. The molecule has 0 amide bonds. The standard InChI is InChI=1S/C28H21FN6O2S/c1-2-13-37-23-11-10-18(14-22(23)29)25-20(17-34(32-25)21-8-4-3-5-9-21)15-24-27(36)35-28(38-24)31-26(33-35)19-7-6-12-30-16-19/h3-12,14-17H,2,13H2,1H3/b24-15-. The molecule has 0 fully saturated rings. The number of ether oxygens (including phenoxy) is 1. The summed E-state index contributed by atoms with van der Waals surface area (Å²) in [5, 5.41) is 9.12. The first-order valence-corrected chi connectivity index (χ1v) is 12.8. The number of aromatic nitrogens is 6. The van der Waals surface area contributed by atoms with Crippen LogP contribution in [0.15, 0.2) is 84.0 Å². The van der Waals surface area contributed by atoms with Crippen LogP contribution in [0.4, 0.5) is 4.39 Å². The summed E-state index contributed by atoms with van der Waals surface area (Å²) in [6.45, 7) is 2.40. The topological polar surface area (TPSA) is 87.2 Å². The molecule has 2 aromatic carbocycles. The molecule has 4 heterocycles. The Bertz CT molecular complexity index is 1850. The van der Waals surface area contributed by atoms with Crippen molar-refractivity contribution in [2.45, 2.75) is 13.3 Å². The van der Waals surface area contributed by atoms with Crippen molar-refractivity contribution in [3.05, 3.63) is 106 Å². The van der Waals surface area contributed by atoms with E-state index in [9.17, 15) is 9.18 Å². The second kappa shape index (κ2) is 9.98. The molecule has 0 unspecified atom stereocenters. The highest BCUT2D eigenvalue weighted by molar-refractivity contribution is 7.15. The molecule has 0 aliphatic carbocycles. The first-order valence-electron chi connectivity index (χ1n) is 12.0. The van der Waals surface area contributed by atoms with Gasteiger partial charge in [-0.05, 0) is 55.0 Å². The average molecular weight is 525 g/mol. The van der Waals surface area contributed by atoms with Crippen molar-refractivity contribution in [1.82, 2.24) is 29.4 Å². The molecule has 0 radical (unpaired) electrons. The molecule has 0 saturated carbocycles. The van der Waals surface area contributed by atoms with Gasteiger partial charge >= 0.3 is 0 Å². The summed E-state index contributed by atoms with van der Waals surface area (Å²) >= 11 is 1.23. The molecule has 0 aliphatic heterocycles. The molecule has 0 saturated heterocycles. The van der Waals surface area contributed by atoms with Gasteiger partial charge in [0.2, 0.25) is 4.96 Å². The highest BCUT2D eigenvalue weighted by Crippen LogP contribution is 2.29. The number of thiazole rings is 1. The van der Waals surface area contributed by atoms with E-state index in [0.29, 0.717) is 38.7 Å². The van der Waals surface area contributed by atoms with Crippen molar-refractivity contribution in [2.24, 2.45) is 0 Å². The Morgan fingerprint density at radius 1 is 1.05 bits per heavy atom. The first-order chi connectivity index (χ1) is 18.6. The van der Waals surface area contributed by atoms with Gasteiger partial charge in [0.25, 0.3) is 5.56 Å². The van der Waals surface area contributed by atoms with E-state index in [1.807, 2.05) is 49.5 Å². The third-order valence-electron chi connectivity index (χ3n) is 5.82. The Morgan fingerprint density at radius 2 is 1.92 bits per heavy atom. The maximum Gasteiger partial charge on any atom is 0.291 e. The average Bonchev–Trinajstić information content (AvgIpc) is 3.64. The molecule has 0 N–H and O–H groups in total. The van der Waals surface area contributed by atoms with Gasteiger partial charge in [0, 0.05) is 35.3 Å². The van der Waals surface area contributed by atoms with E-state index < -0.39 is 5.82 Å². The van der Waals surface area contributed by atoms with Crippen LogP contribution in [0.25, 0.3) is 39.4 Å². The molecule has 0 bridgehead atoms. The maximum absolute atomic E-state index is 14.8. The number of nitrogens with zero attached hydrogens (tertiary/aromatic N) is 6. The molecule has 0 aliphatic rings. The molecule has 6 rings (SSSR count). The Hall–Kier alpha value is -4.70. The van der Waals surface area contributed by atoms with E-state index in [-0.39, 0.29) is 11.3 Å². The predicted molar refractivity (Wildman–Crippen MR) is 144 cm³/mol. The van der Waals surface area contributed by atoms with Crippen LogP contribution in [-0.2, 0) is 0 Å². The minimum Gasteiger partial charge on any atom is -0.491 e. The van der Waals surface area contributed by atoms with E-state index in [1.165, 1.54) is 21.9 Å². The summed E-state index contributed by atoms with van der Waals surface area (Å²) in [4.78, 5) is 22.3. The minimum absolute atomic E-state index is 0.195. The van der Waals surface area contributed by atoms with E-state index in [4.69, 9.17) is 9.84 Å². The Labute approximate surface area is 220 Å². The zero-order valence-corrected chi connectivity index (χ0v) is 21.1. The van der Waals surface area contributed by atoms with Gasteiger partial charge in [0.15, 0.2) is 17.4 Å². The SMILES string of the molecule is CCCOc1ccc(-c2nn(-c3ccccc3)cc2/C=c2\sc3nc(-c4cccnc4)nn3c2=O)cc1F. The quantitative estimate of drug-likeness (QED) is 0.305. The zero-order chi connectivity index (χ0) is 26.1. The lowest BCUT2D eigenvalue weighted by atomic mass is 10.1. The van der Waals surface area contributed by atoms with Crippen LogP contribution in [0.5, 0.6) is 5.75 Å². The number of pyridine rings is 1. The van der Waals surface area contributed by atoms with Gasteiger partial charge in [-0.3, -0.25) is 9.78 Å². The van der Waals surface area contributed by atoms with Gasteiger partial charge in [0.1, 0.15) is 5.69 Å². The Morgan fingerprint density at radius 3 is 2.66 bits per heavy atom. The highest BCUT2D eigenvalue weighted by Gasteiger charge is 2.16. The molecule has 8 nitrogen and oxygen atoms in total. The lowest BCUT2D eigenvalue weighted by molar-refractivity contribution is 0.301. The zero-order valence-electron chi connectivity index (χ0n) is 20.3. The highest BCUT2D eigenvalue weighted by atomic mass is 32.1. The van der Waals surface area contributed by atoms with Crippen LogP contribution in [-0.4, -0.2) is 36.0 Å². The second-order valence-corrected chi connectivity index (χ2v) is 9.50. The van der Waals surface area contributed by atoms with Gasteiger partial charge in [-0.25, -0.2) is 9.07 Å². The molecule has 4 aromatic heterocycles. The number of hydrogen-bond donors (Lipinski definition) is 0. The van der Waals surface area contributed by atoms with E-state index in [1.54, 1.807) is 41.4 Å². The fourth-order valence-corrected chi connectivity index (χ4v) is 4.90. The predicted octanol–water partition coefficient (Wildman–Crippen LogP) is 4.54. The van der Waals surface area contributed by atoms with Crippen LogP contribution in [0, 0.1) is 5.82 Å². The Balaban J connectivity index is 1.46. The molecular formula is C28H21FN6O2S. The molecule has 188 valence electrons. The van der Waals surface area contributed by atoms with Gasteiger partial charge < -0.3 is 4.74 Å². The number of rotatable bonds is 7. The van der Waals surface area contributed by atoms with Crippen molar-refractivity contribution < 1.29 is 9.13 Å². The molecule has 38 heavy (non-hydrogen) atoms. The summed E-state index contributed by atoms with van der Waals surface area (Å²) in [5.74, 6) is 0.161. The number of hydrogen-bond acceptors (Lipinski definition) is 7. The molecule has 6 aromatic rings.